The number of ether oxygens (including phenoxy) is 3. The van der Waals surface area contributed by atoms with Gasteiger partial charge in [0.1, 0.15) is 18.0 Å². The van der Waals surface area contributed by atoms with E-state index >= 15 is 0 Å². The third-order valence-electron chi connectivity index (χ3n) is 10.8. The lowest BCUT2D eigenvalue weighted by Crippen LogP contribution is -2.69. The van der Waals surface area contributed by atoms with Crippen LogP contribution in [0.5, 0.6) is 0 Å². The Labute approximate surface area is 240 Å². The fourth-order valence-electron chi connectivity index (χ4n) is 8.72. The first kappa shape index (κ1) is 29.3. The zero-order valence-corrected chi connectivity index (χ0v) is 24.8. The van der Waals surface area contributed by atoms with Crippen molar-refractivity contribution < 1.29 is 42.9 Å². The van der Waals surface area contributed by atoms with Crippen molar-refractivity contribution in [2.75, 3.05) is 7.11 Å². The number of rotatable bonds is 5. The lowest BCUT2D eigenvalue weighted by Gasteiger charge is -2.64. The van der Waals surface area contributed by atoms with Crippen LogP contribution in [0.25, 0.3) is 0 Å². The van der Waals surface area contributed by atoms with E-state index < -0.39 is 58.3 Å². The quantitative estimate of drug-likeness (QED) is 0.234. The maximum atomic E-state index is 14.5. The second kappa shape index (κ2) is 9.96. The average molecular weight is 569 g/mol. The number of hydrogen-bond donors (Lipinski definition) is 1. The Balaban J connectivity index is 1.71. The molecule has 8 atom stereocenters. The number of fused-ring (bicyclic) bond motifs is 5. The molecule has 0 amide bonds. The number of esters is 3. The smallest absolute Gasteiger partial charge is 0.335 e. The van der Waals surface area contributed by atoms with Crippen molar-refractivity contribution in [1.29, 1.82) is 0 Å². The van der Waals surface area contributed by atoms with Crippen molar-refractivity contribution in [3.8, 4) is 0 Å². The van der Waals surface area contributed by atoms with E-state index in [1.807, 2.05) is 20.8 Å². The van der Waals surface area contributed by atoms with Crippen LogP contribution in [0, 0.1) is 34.0 Å². The number of hydrogen-bond acceptors (Lipinski definition) is 9. The standard InChI is InChI=1S/C32H40O9/c1-8-16(2)28(36)41-27-19-13-18-20(32(6,25(19)35)24(30(27,3)4)23(34)29(37)38-7)9-11-31(5)21(18)14-22(33)40-26(31)17-10-12-39-15-17/h8,10,12,15,19-20,23-24,26-27,34H,9,11,13-14H2,1-7H3/t19-,20?,23+,24-,26-,27+,31+,32-/m0/s1. The van der Waals surface area contributed by atoms with Gasteiger partial charge in [0, 0.05) is 33.3 Å². The molecule has 222 valence electrons. The molecule has 3 fully saturated rings. The van der Waals surface area contributed by atoms with Gasteiger partial charge in [-0.15, -0.1) is 0 Å². The third kappa shape index (κ3) is 4.14. The fraction of sp³-hybridized carbons (Fsp3) is 0.625. The van der Waals surface area contributed by atoms with Gasteiger partial charge in [-0.25, -0.2) is 9.59 Å². The summed E-state index contributed by atoms with van der Waals surface area (Å²) in [6.07, 6.45) is 3.34. The molecule has 1 aromatic heterocycles. The van der Waals surface area contributed by atoms with Gasteiger partial charge in [-0.3, -0.25) is 9.59 Å². The predicted octanol–water partition coefficient (Wildman–Crippen LogP) is 4.64. The van der Waals surface area contributed by atoms with Gasteiger partial charge in [-0.2, -0.15) is 0 Å². The molecule has 5 rings (SSSR count). The summed E-state index contributed by atoms with van der Waals surface area (Å²) in [5.41, 5.74) is 0.392. The summed E-state index contributed by atoms with van der Waals surface area (Å²) >= 11 is 0. The molecule has 9 nitrogen and oxygen atoms in total. The Hall–Kier alpha value is -3.20. The number of carbonyl (C=O) groups excluding carboxylic acids is 4. The van der Waals surface area contributed by atoms with E-state index in [1.165, 1.54) is 7.11 Å². The van der Waals surface area contributed by atoms with Crippen LogP contribution in [0.2, 0.25) is 0 Å². The summed E-state index contributed by atoms with van der Waals surface area (Å²) in [6.45, 7) is 11.0. The van der Waals surface area contributed by atoms with E-state index in [0.29, 0.717) is 24.8 Å². The van der Waals surface area contributed by atoms with E-state index in [1.54, 1.807) is 38.5 Å². The van der Waals surface area contributed by atoms with Gasteiger partial charge >= 0.3 is 17.9 Å². The first-order valence-corrected chi connectivity index (χ1v) is 14.3. The highest BCUT2D eigenvalue weighted by Crippen LogP contribution is 2.68. The summed E-state index contributed by atoms with van der Waals surface area (Å²) in [7, 11) is 1.20. The topological polar surface area (TPSA) is 129 Å². The van der Waals surface area contributed by atoms with Crippen molar-refractivity contribution in [3.05, 3.63) is 47.0 Å². The molecule has 2 saturated carbocycles. The average Bonchev–Trinajstić information content (AvgIpc) is 3.46. The van der Waals surface area contributed by atoms with Crippen molar-refractivity contribution in [2.45, 2.75) is 85.5 Å². The summed E-state index contributed by atoms with van der Waals surface area (Å²) in [5.74, 6) is -3.83. The highest BCUT2D eigenvalue weighted by molar-refractivity contribution is 5.94. The van der Waals surface area contributed by atoms with E-state index in [9.17, 15) is 24.3 Å². The number of methoxy groups -OCH3 is 1. The summed E-state index contributed by atoms with van der Waals surface area (Å²) in [4.78, 5) is 53.5. The molecule has 9 heteroatoms. The van der Waals surface area contributed by atoms with Crippen LogP contribution < -0.4 is 0 Å². The Morgan fingerprint density at radius 2 is 1.90 bits per heavy atom. The van der Waals surface area contributed by atoms with Gasteiger partial charge in [0.15, 0.2) is 6.10 Å². The molecule has 1 saturated heterocycles. The van der Waals surface area contributed by atoms with Crippen LogP contribution in [0.4, 0.5) is 0 Å². The van der Waals surface area contributed by atoms with Crippen LogP contribution in [0.3, 0.4) is 0 Å². The molecule has 2 bridgehead atoms. The van der Waals surface area contributed by atoms with Crippen LogP contribution in [-0.2, 0) is 33.4 Å². The highest BCUT2D eigenvalue weighted by Gasteiger charge is 2.70. The van der Waals surface area contributed by atoms with Crippen LogP contribution in [0.1, 0.15) is 78.9 Å². The van der Waals surface area contributed by atoms with E-state index in [0.717, 1.165) is 16.7 Å². The molecule has 1 unspecified atom stereocenters. The molecular formula is C32H40O9. The van der Waals surface area contributed by atoms with Gasteiger partial charge in [0.05, 0.1) is 32.0 Å². The highest BCUT2D eigenvalue weighted by atomic mass is 16.6. The summed E-state index contributed by atoms with van der Waals surface area (Å²) in [6, 6.07) is 1.80. The van der Waals surface area contributed by atoms with Gasteiger partial charge in [0.2, 0.25) is 0 Å². The number of aliphatic hydroxyl groups is 1. The predicted molar refractivity (Wildman–Crippen MR) is 146 cm³/mol. The number of carbonyl (C=O) groups is 4. The maximum absolute atomic E-state index is 14.5. The molecule has 3 aliphatic carbocycles. The lowest BCUT2D eigenvalue weighted by molar-refractivity contribution is -0.211. The van der Waals surface area contributed by atoms with E-state index in [-0.39, 0.29) is 24.1 Å². The SMILES string of the molecule is CC=C(C)C(=O)O[C@@H]1[C@H]2CC3=C4CC(=O)O[C@@H](c5ccoc5)[C@]4(C)CCC3[C@](C)(C2=O)[C@@H]([C@@H](O)C(=O)OC)C1(C)C. The molecular weight excluding hydrogens is 528 g/mol. The summed E-state index contributed by atoms with van der Waals surface area (Å²) < 4.78 is 22.3. The first-order valence-electron chi connectivity index (χ1n) is 14.3. The molecule has 0 spiro atoms. The Morgan fingerprint density at radius 1 is 1.20 bits per heavy atom. The number of Topliss-reactive ketones (excluding diaryl/α,β-unsaturated/α-hetero) is 1. The zero-order valence-electron chi connectivity index (χ0n) is 24.8. The number of cyclic esters (lactones) is 1. The second-order valence-electron chi connectivity index (χ2n) is 13.1. The second-order valence-corrected chi connectivity index (χ2v) is 13.1. The number of allylic oxidation sites excluding steroid dienone is 2. The van der Waals surface area contributed by atoms with Gasteiger partial charge in [0.25, 0.3) is 0 Å². The Kier molecular flexibility index (Phi) is 7.12. The van der Waals surface area contributed by atoms with Gasteiger partial charge in [-0.05, 0) is 50.7 Å². The van der Waals surface area contributed by atoms with Crippen LogP contribution in [0.15, 0.2) is 45.8 Å². The van der Waals surface area contributed by atoms with Gasteiger partial charge in [-0.1, -0.05) is 39.3 Å². The molecule has 1 aliphatic heterocycles. The zero-order chi connectivity index (χ0) is 30.1. The molecule has 4 aliphatic rings. The molecule has 2 heterocycles. The minimum Gasteiger partial charge on any atom is -0.472 e. The molecule has 1 aromatic rings. The monoisotopic (exact) mass is 568 g/mol. The Morgan fingerprint density at radius 3 is 2.51 bits per heavy atom. The van der Waals surface area contributed by atoms with E-state index in [2.05, 4.69) is 6.92 Å². The molecule has 0 radical (unpaired) electrons. The fourth-order valence-corrected chi connectivity index (χ4v) is 8.72. The van der Waals surface area contributed by atoms with Crippen molar-refractivity contribution in [1.82, 2.24) is 0 Å². The summed E-state index contributed by atoms with van der Waals surface area (Å²) in [5, 5.41) is 11.5. The van der Waals surface area contributed by atoms with Gasteiger partial charge < -0.3 is 23.7 Å². The largest absolute Gasteiger partial charge is 0.472 e. The minimum absolute atomic E-state index is 0.0867. The third-order valence-corrected chi connectivity index (χ3v) is 10.8. The molecule has 0 aromatic carbocycles. The van der Waals surface area contributed by atoms with E-state index in [4.69, 9.17) is 18.6 Å². The number of furan rings is 1. The number of aliphatic hydroxyl groups excluding tert-OH is 1. The van der Waals surface area contributed by atoms with Crippen molar-refractivity contribution in [3.63, 3.8) is 0 Å². The van der Waals surface area contributed by atoms with Crippen LogP contribution in [-0.4, -0.2) is 48.1 Å². The Bertz CT molecular complexity index is 1330. The minimum atomic E-state index is -1.62. The maximum Gasteiger partial charge on any atom is 0.335 e. The van der Waals surface area contributed by atoms with Crippen molar-refractivity contribution in [2.24, 2.45) is 34.0 Å². The normalized spacial score (nSPS) is 37.0. The molecule has 1 N–H and O–H groups in total. The van der Waals surface area contributed by atoms with Crippen LogP contribution >= 0.6 is 0 Å². The first-order chi connectivity index (χ1) is 19.2. The number of ketones is 1. The lowest BCUT2D eigenvalue weighted by atomic mass is 9.40. The molecule has 41 heavy (non-hydrogen) atoms. The van der Waals surface area contributed by atoms with Crippen molar-refractivity contribution >= 4 is 23.7 Å².